The number of aliphatic carboxylic acids is 1. The van der Waals surface area contributed by atoms with Gasteiger partial charge in [0.2, 0.25) is 0 Å². The number of nitrogens with zero attached hydrogens (tertiary/aromatic N) is 1. The van der Waals surface area contributed by atoms with Gasteiger partial charge in [0.15, 0.2) is 0 Å². The van der Waals surface area contributed by atoms with Crippen molar-refractivity contribution < 1.29 is 9.90 Å². The Morgan fingerprint density at radius 3 is 2.53 bits per heavy atom. The molecular formula is C15H30N2O2. The Labute approximate surface area is 117 Å². The molecule has 2 N–H and O–H groups in total. The second-order valence-corrected chi connectivity index (χ2v) is 5.85. The average molecular weight is 270 g/mol. The number of nitrogens with one attached hydrogen (secondary N) is 1. The third kappa shape index (κ3) is 3.69. The van der Waals surface area contributed by atoms with Crippen molar-refractivity contribution in [2.24, 2.45) is 0 Å². The molecule has 1 rings (SSSR count). The van der Waals surface area contributed by atoms with Crippen molar-refractivity contribution in [3.05, 3.63) is 0 Å². The van der Waals surface area contributed by atoms with Crippen molar-refractivity contribution in [2.45, 2.75) is 76.9 Å². The Hall–Kier alpha value is -0.610. The largest absolute Gasteiger partial charge is 0.480 e. The van der Waals surface area contributed by atoms with E-state index in [-0.39, 0.29) is 0 Å². The fourth-order valence-electron chi connectivity index (χ4n) is 3.32. The molecule has 112 valence electrons. The highest BCUT2D eigenvalue weighted by atomic mass is 16.4. The van der Waals surface area contributed by atoms with Crippen LogP contribution in [0.4, 0.5) is 0 Å². The topological polar surface area (TPSA) is 52.6 Å². The molecule has 1 fully saturated rings. The lowest BCUT2D eigenvalue weighted by molar-refractivity contribution is -0.144. The van der Waals surface area contributed by atoms with E-state index in [9.17, 15) is 9.90 Å². The van der Waals surface area contributed by atoms with E-state index in [1.165, 1.54) is 0 Å². The number of carboxylic acids is 1. The molecule has 0 aromatic heterocycles. The van der Waals surface area contributed by atoms with E-state index in [1.807, 2.05) is 0 Å². The third-order valence-corrected chi connectivity index (χ3v) is 4.71. The normalized spacial score (nSPS) is 27.4. The van der Waals surface area contributed by atoms with Gasteiger partial charge in [0, 0.05) is 12.1 Å². The van der Waals surface area contributed by atoms with E-state index in [0.717, 1.165) is 45.1 Å². The van der Waals surface area contributed by atoms with E-state index >= 15 is 0 Å². The molecule has 0 aromatic rings. The predicted octanol–water partition coefficient (Wildman–Crippen LogP) is 2.48. The average Bonchev–Trinajstić information content (AvgIpc) is 2.83. The smallest absolute Gasteiger partial charge is 0.323 e. The van der Waals surface area contributed by atoms with Crippen molar-refractivity contribution >= 4 is 5.97 Å². The van der Waals surface area contributed by atoms with Gasteiger partial charge in [-0.25, -0.2) is 0 Å². The first-order valence-electron chi connectivity index (χ1n) is 7.71. The maximum absolute atomic E-state index is 11.6. The molecule has 0 saturated heterocycles. The fourth-order valence-corrected chi connectivity index (χ4v) is 3.32. The van der Waals surface area contributed by atoms with Gasteiger partial charge in [-0.1, -0.05) is 20.8 Å². The van der Waals surface area contributed by atoms with Crippen LogP contribution in [0.2, 0.25) is 0 Å². The zero-order valence-corrected chi connectivity index (χ0v) is 12.9. The molecular weight excluding hydrogens is 240 g/mol. The Morgan fingerprint density at radius 2 is 2.05 bits per heavy atom. The molecule has 0 bridgehead atoms. The van der Waals surface area contributed by atoms with Crippen LogP contribution in [0.3, 0.4) is 0 Å². The summed E-state index contributed by atoms with van der Waals surface area (Å²) in [5.41, 5.74) is -0.693. The van der Waals surface area contributed by atoms with Gasteiger partial charge in [-0.05, 0) is 52.1 Å². The molecule has 2 atom stereocenters. The van der Waals surface area contributed by atoms with Crippen LogP contribution in [-0.2, 0) is 4.79 Å². The van der Waals surface area contributed by atoms with E-state index in [0.29, 0.717) is 12.1 Å². The van der Waals surface area contributed by atoms with Crippen LogP contribution in [0.5, 0.6) is 0 Å². The van der Waals surface area contributed by atoms with E-state index < -0.39 is 11.5 Å². The van der Waals surface area contributed by atoms with Gasteiger partial charge in [0.25, 0.3) is 0 Å². The summed E-state index contributed by atoms with van der Waals surface area (Å²) < 4.78 is 0. The summed E-state index contributed by atoms with van der Waals surface area (Å²) in [5.74, 6) is -0.679. The molecule has 0 radical (unpaired) electrons. The summed E-state index contributed by atoms with van der Waals surface area (Å²) in [6.45, 7) is 7.28. The van der Waals surface area contributed by atoms with Gasteiger partial charge < -0.3 is 15.3 Å². The molecule has 1 saturated carbocycles. The molecule has 0 spiro atoms. The SMILES string of the molecule is CCCNC1(C(=O)O)CCC(N(C)C(CC)CC)C1. The lowest BCUT2D eigenvalue weighted by Crippen LogP contribution is -2.52. The fraction of sp³-hybridized carbons (Fsp3) is 0.933. The number of rotatable bonds is 8. The number of hydrogen-bond acceptors (Lipinski definition) is 3. The van der Waals surface area contributed by atoms with E-state index in [2.05, 4.69) is 38.0 Å². The van der Waals surface area contributed by atoms with E-state index in [4.69, 9.17) is 0 Å². The molecule has 0 heterocycles. The summed E-state index contributed by atoms with van der Waals surface area (Å²) >= 11 is 0. The maximum atomic E-state index is 11.6. The van der Waals surface area contributed by atoms with Crippen molar-refractivity contribution in [3.8, 4) is 0 Å². The third-order valence-electron chi connectivity index (χ3n) is 4.71. The molecule has 1 aliphatic rings. The standard InChI is InChI=1S/C15H30N2O2/c1-5-10-16-15(14(18)19)9-8-13(11-15)17(4)12(6-2)7-3/h12-13,16H,5-11H2,1-4H3,(H,18,19). The number of hydrogen-bond donors (Lipinski definition) is 2. The van der Waals surface area contributed by atoms with Gasteiger partial charge in [-0.3, -0.25) is 4.79 Å². The molecule has 1 aliphatic carbocycles. The molecule has 0 amide bonds. The van der Waals surface area contributed by atoms with Gasteiger partial charge in [-0.15, -0.1) is 0 Å². The lowest BCUT2D eigenvalue weighted by atomic mass is 9.96. The lowest BCUT2D eigenvalue weighted by Gasteiger charge is -2.33. The molecule has 19 heavy (non-hydrogen) atoms. The Bertz CT molecular complexity index is 292. The van der Waals surface area contributed by atoms with Crippen LogP contribution in [-0.4, -0.2) is 47.2 Å². The van der Waals surface area contributed by atoms with Gasteiger partial charge >= 0.3 is 5.97 Å². The Morgan fingerprint density at radius 1 is 1.42 bits per heavy atom. The monoisotopic (exact) mass is 270 g/mol. The zero-order chi connectivity index (χ0) is 14.5. The first-order valence-corrected chi connectivity index (χ1v) is 7.71. The summed E-state index contributed by atoms with van der Waals surface area (Å²) in [7, 11) is 2.15. The van der Waals surface area contributed by atoms with Gasteiger partial charge in [-0.2, -0.15) is 0 Å². The van der Waals surface area contributed by atoms with Crippen LogP contribution in [0, 0.1) is 0 Å². The maximum Gasteiger partial charge on any atom is 0.323 e. The quantitative estimate of drug-likeness (QED) is 0.711. The van der Waals surface area contributed by atoms with Crippen LogP contribution >= 0.6 is 0 Å². The van der Waals surface area contributed by atoms with Gasteiger partial charge in [0.1, 0.15) is 5.54 Å². The minimum absolute atomic E-state index is 0.394. The predicted molar refractivity (Wildman–Crippen MR) is 78.4 cm³/mol. The molecule has 2 unspecified atom stereocenters. The van der Waals surface area contributed by atoms with Crippen molar-refractivity contribution in [3.63, 3.8) is 0 Å². The summed E-state index contributed by atoms with van der Waals surface area (Å²) in [5, 5.41) is 12.8. The minimum Gasteiger partial charge on any atom is -0.480 e. The highest BCUT2D eigenvalue weighted by Crippen LogP contribution is 2.34. The van der Waals surface area contributed by atoms with Crippen molar-refractivity contribution in [2.75, 3.05) is 13.6 Å². The Balaban J connectivity index is 2.70. The van der Waals surface area contributed by atoms with Crippen LogP contribution in [0.25, 0.3) is 0 Å². The second kappa shape index (κ2) is 7.25. The molecule has 4 nitrogen and oxygen atoms in total. The van der Waals surface area contributed by atoms with E-state index in [1.54, 1.807) is 0 Å². The first kappa shape index (κ1) is 16.4. The highest BCUT2D eigenvalue weighted by Gasteiger charge is 2.46. The summed E-state index contributed by atoms with van der Waals surface area (Å²) in [6.07, 6.45) is 5.70. The van der Waals surface area contributed by atoms with Crippen LogP contribution < -0.4 is 5.32 Å². The first-order chi connectivity index (χ1) is 9.00. The number of carboxylic acid groups (broad SMARTS) is 1. The molecule has 4 heteroatoms. The van der Waals surface area contributed by atoms with Crippen molar-refractivity contribution in [1.82, 2.24) is 10.2 Å². The second-order valence-electron chi connectivity index (χ2n) is 5.85. The summed E-state index contributed by atoms with van der Waals surface area (Å²) in [6, 6.07) is 0.964. The minimum atomic E-state index is -0.693. The molecule has 0 aromatic carbocycles. The Kier molecular flexibility index (Phi) is 6.27. The van der Waals surface area contributed by atoms with Crippen molar-refractivity contribution in [1.29, 1.82) is 0 Å². The van der Waals surface area contributed by atoms with Gasteiger partial charge in [0.05, 0.1) is 0 Å². The van der Waals surface area contributed by atoms with Crippen LogP contribution in [0.15, 0.2) is 0 Å². The van der Waals surface area contributed by atoms with Crippen LogP contribution in [0.1, 0.15) is 59.3 Å². The number of carbonyl (C=O) groups is 1. The summed E-state index contributed by atoms with van der Waals surface area (Å²) in [4.78, 5) is 14.0. The molecule has 0 aliphatic heterocycles. The zero-order valence-electron chi connectivity index (χ0n) is 12.9. The highest BCUT2D eigenvalue weighted by molar-refractivity contribution is 5.79.